The molecule has 1 aromatic heterocycles. The van der Waals surface area contributed by atoms with Crippen molar-refractivity contribution in [3.8, 4) is 11.8 Å². The van der Waals surface area contributed by atoms with Crippen LogP contribution in [0.25, 0.3) is 11.8 Å². The van der Waals surface area contributed by atoms with Crippen molar-refractivity contribution in [3.63, 3.8) is 0 Å². The summed E-state index contributed by atoms with van der Waals surface area (Å²) in [5.41, 5.74) is 2.05. The Bertz CT molecular complexity index is 1110. The first kappa shape index (κ1) is 22.8. The number of amides is 1. The molecule has 1 aliphatic rings. The Balaban J connectivity index is 1.98. The molecule has 1 amide bonds. The van der Waals surface area contributed by atoms with E-state index < -0.39 is 17.8 Å². The van der Waals surface area contributed by atoms with Crippen molar-refractivity contribution in [2.45, 2.75) is 52.0 Å². The van der Waals surface area contributed by atoms with Crippen molar-refractivity contribution < 1.29 is 24.6 Å². The number of carbonyl (C=O) groups excluding carboxylic acids is 1. The summed E-state index contributed by atoms with van der Waals surface area (Å²) in [6.45, 7) is 3.55. The first-order valence-corrected chi connectivity index (χ1v) is 10.4. The van der Waals surface area contributed by atoms with Crippen molar-refractivity contribution in [2.24, 2.45) is 0 Å². The van der Waals surface area contributed by atoms with Gasteiger partial charge in [-0.15, -0.1) is 0 Å². The topological polar surface area (TPSA) is 132 Å². The summed E-state index contributed by atoms with van der Waals surface area (Å²) in [5, 5.41) is 31.2. The third kappa shape index (κ3) is 4.89. The highest BCUT2D eigenvalue weighted by atomic mass is 16.4. The van der Waals surface area contributed by atoms with Crippen molar-refractivity contribution >= 4 is 23.9 Å². The number of hydrogen-bond donors (Lipinski definition) is 3. The molecular weight excluding hydrogens is 410 g/mol. The number of nitriles is 1. The van der Waals surface area contributed by atoms with Gasteiger partial charge in [0, 0.05) is 23.1 Å². The van der Waals surface area contributed by atoms with E-state index in [0.29, 0.717) is 22.6 Å². The minimum absolute atomic E-state index is 0.0127. The van der Waals surface area contributed by atoms with Gasteiger partial charge in [0.25, 0.3) is 5.91 Å². The van der Waals surface area contributed by atoms with Crippen LogP contribution in [0.2, 0.25) is 0 Å². The summed E-state index contributed by atoms with van der Waals surface area (Å²) in [7, 11) is 0. The van der Waals surface area contributed by atoms with Gasteiger partial charge in [-0.1, -0.05) is 19.3 Å². The van der Waals surface area contributed by atoms with E-state index in [1.807, 2.05) is 6.07 Å². The monoisotopic (exact) mass is 435 g/mol. The zero-order valence-corrected chi connectivity index (χ0v) is 18.0. The fourth-order valence-corrected chi connectivity index (χ4v) is 4.13. The fraction of sp³-hybridized carbons (Fsp3) is 0.333. The number of rotatable bonds is 6. The molecule has 0 spiro atoms. The van der Waals surface area contributed by atoms with Gasteiger partial charge >= 0.3 is 11.9 Å². The first-order chi connectivity index (χ1) is 15.2. The van der Waals surface area contributed by atoms with Gasteiger partial charge < -0.3 is 20.1 Å². The molecular formula is C24H25N3O5. The van der Waals surface area contributed by atoms with Crippen LogP contribution in [0.1, 0.15) is 69.8 Å². The molecule has 3 rings (SSSR count). The number of carbonyl (C=O) groups is 3. The highest BCUT2D eigenvalue weighted by Crippen LogP contribution is 2.25. The number of aromatic nitrogens is 1. The number of nitrogens with zero attached hydrogens (tertiary/aromatic N) is 2. The van der Waals surface area contributed by atoms with Crippen LogP contribution in [0.15, 0.2) is 29.8 Å². The van der Waals surface area contributed by atoms with E-state index in [1.54, 1.807) is 24.5 Å². The van der Waals surface area contributed by atoms with Crippen LogP contribution in [0, 0.1) is 25.2 Å². The second-order valence-corrected chi connectivity index (χ2v) is 8.02. The number of carboxylic acid groups (broad SMARTS) is 2. The minimum atomic E-state index is -1.23. The maximum Gasteiger partial charge on any atom is 0.335 e. The largest absolute Gasteiger partial charge is 0.478 e. The fourth-order valence-electron chi connectivity index (χ4n) is 4.13. The highest BCUT2D eigenvalue weighted by molar-refractivity contribution is 6.02. The van der Waals surface area contributed by atoms with Crippen LogP contribution in [0.4, 0.5) is 0 Å². The second kappa shape index (κ2) is 9.52. The SMILES string of the molecule is Cc1cc(C=C(C#N)C(=O)NC2CCCCC2)c(C)n1-c1cc(C(=O)O)cc(C(=O)O)c1. The Kier molecular flexibility index (Phi) is 6.79. The van der Waals surface area contributed by atoms with Crippen LogP contribution < -0.4 is 5.32 Å². The third-order valence-corrected chi connectivity index (χ3v) is 5.75. The molecule has 0 radical (unpaired) electrons. The quantitative estimate of drug-likeness (QED) is 0.466. The van der Waals surface area contributed by atoms with Gasteiger partial charge in [0.15, 0.2) is 0 Å². The van der Waals surface area contributed by atoms with E-state index in [-0.39, 0.29) is 22.7 Å². The molecule has 8 nitrogen and oxygen atoms in total. The average molecular weight is 435 g/mol. The Morgan fingerprint density at radius 2 is 1.62 bits per heavy atom. The van der Waals surface area contributed by atoms with Crippen molar-refractivity contribution in [1.82, 2.24) is 9.88 Å². The zero-order chi connectivity index (χ0) is 23.4. The molecule has 1 fully saturated rings. The molecule has 1 saturated carbocycles. The van der Waals surface area contributed by atoms with Crippen LogP contribution in [0.5, 0.6) is 0 Å². The molecule has 0 atom stereocenters. The lowest BCUT2D eigenvalue weighted by molar-refractivity contribution is -0.117. The number of aryl methyl sites for hydroxylation is 1. The molecule has 0 unspecified atom stereocenters. The minimum Gasteiger partial charge on any atom is -0.478 e. The third-order valence-electron chi connectivity index (χ3n) is 5.75. The van der Waals surface area contributed by atoms with Crippen LogP contribution in [-0.2, 0) is 4.79 Å². The van der Waals surface area contributed by atoms with E-state index in [0.717, 1.165) is 38.2 Å². The predicted molar refractivity (Wildman–Crippen MR) is 118 cm³/mol. The summed E-state index contributed by atoms with van der Waals surface area (Å²) in [6.07, 6.45) is 6.61. The number of aromatic carboxylic acids is 2. The van der Waals surface area contributed by atoms with Crippen LogP contribution in [0.3, 0.4) is 0 Å². The molecule has 0 saturated heterocycles. The summed E-state index contributed by atoms with van der Waals surface area (Å²) in [5.74, 6) is -2.88. The lowest BCUT2D eigenvalue weighted by Crippen LogP contribution is -2.36. The molecule has 2 aromatic rings. The number of carboxylic acids is 2. The second-order valence-electron chi connectivity index (χ2n) is 8.02. The van der Waals surface area contributed by atoms with Gasteiger partial charge in [0.2, 0.25) is 0 Å². The van der Waals surface area contributed by atoms with Gasteiger partial charge in [-0.3, -0.25) is 4.79 Å². The Morgan fingerprint density at radius 3 is 2.16 bits per heavy atom. The van der Waals surface area contributed by atoms with Crippen LogP contribution >= 0.6 is 0 Å². The Labute approximate surface area is 185 Å². The number of hydrogen-bond acceptors (Lipinski definition) is 4. The molecule has 8 heteroatoms. The molecule has 0 aliphatic heterocycles. The van der Waals surface area contributed by atoms with E-state index in [4.69, 9.17) is 0 Å². The highest BCUT2D eigenvalue weighted by Gasteiger charge is 2.20. The molecule has 3 N–H and O–H groups in total. The van der Waals surface area contributed by atoms with Crippen molar-refractivity contribution in [1.29, 1.82) is 5.26 Å². The van der Waals surface area contributed by atoms with Gasteiger partial charge in [-0.25, -0.2) is 9.59 Å². The van der Waals surface area contributed by atoms with E-state index >= 15 is 0 Å². The maximum absolute atomic E-state index is 12.6. The number of nitrogens with one attached hydrogen (secondary N) is 1. The summed E-state index contributed by atoms with van der Waals surface area (Å²) in [6, 6.07) is 7.71. The molecule has 1 heterocycles. The molecule has 32 heavy (non-hydrogen) atoms. The van der Waals surface area contributed by atoms with E-state index in [2.05, 4.69) is 5.32 Å². The van der Waals surface area contributed by atoms with Crippen LogP contribution in [-0.4, -0.2) is 38.7 Å². The lowest BCUT2D eigenvalue weighted by atomic mass is 9.95. The summed E-state index contributed by atoms with van der Waals surface area (Å²) < 4.78 is 1.71. The van der Waals surface area contributed by atoms with E-state index in [9.17, 15) is 29.9 Å². The summed E-state index contributed by atoms with van der Waals surface area (Å²) >= 11 is 0. The normalized spacial score (nSPS) is 14.6. The maximum atomic E-state index is 12.6. The van der Waals surface area contributed by atoms with Gasteiger partial charge in [0.1, 0.15) is 11.6 Å². The Morgan fingerprint density at radius 1 is 1.03 bits per heavy atom. The first-order valence-electron chi connectivity index (χ1n) is 10.4. The summed E-state index contributed by atoms with van der Waals surface area (Å²) in [4.78, 5) is 35.5. The Hall–Kier alpha value is -3.86. The zero-order valence-electron chi connectivity index (χ0n) is 18.0. The molecule has 0 bridgehead atoms. The number of benzene rings is 1. The van der Waals surface area contributed by atoms with Gasteiger partial charge in [-0.05, 0) is 62.6 Å². The average Bonchev–Trinajstić information content (AvgIpc) is 3.04. The smallest absolute Gasteiger partial charge is 0.335 e. The molecule has 1 aromatic carbocycles. The van der Waals surface area contributed by atoms with Gasteiger partial charge in [0.05, 0.1) is 11.1 Å². The molecule has 1 aliphatic carbocycles. The van der Waals surface area contributed by atoms with E-state index in [1.165, 1.54) is 18.2 Å². The standard InChI is InChI=1S/C24H25N3O5/c1-14-8-16(9-19(13-25)22(28)26-20-6-4-3-5-7-20)15(2)27(14)21-11-17(23(29)30)10-18(12-21)24(31)32/h8-12,20H,3-7H2,1-2H3,(H,26,28)(H,29,30)(H,31,32). The van der Waals surface area contributed by atoms with Crippen molar-refractivity contribution in [3.05, 3.63) is 57.9 Å². The van der Waals surface area contributed by atoms with Crippen molar-refractivity contribution in [2.75, 3.05) is 0 Å². The predicted octanol–water partition coefficient (Wildman–Crippen LogP) is 3.85. The van der Waals surface area contributed by atoms with Gasteiger partial charge in [-0.2, -0.15) is 5.26 Å². The lowest BCUT2D eigenvalue weighted by Gasteiger charge is -2.22. The molecule has 166 valence electrons.